The third kappa shape index (κ3) is 1.25. The van der Waals surface area contributed by atoms with E-state index in [0.717, 1.165) is 0 Å². The number of rotatable bonds is 1. The van der Waals surface area contributed by atoms with Gasteiger partial charge in [-0.2, -0.15) is 0 Å². The molecule has 0 aromatic carbocycles. The van der Waals surface area contributed by atoms with Crippen molar-refractivity contribution in [1.29, 1.82) is 0 Å². The van der Waals surface area contributed by atoms with E-state index >= 15 is 0 Å². The third-order valence-electron chi connectivity index (χ3n) is 1.11. The van der Waals surface area contributed by atoms with E-state index in [-0.39, 0.29) is 5.82 Å². The molecule has 1 radical (unpaired) electrons. The van der Waals surface area contributed by atoms with Gasteiger partial charge < -0.3 is 0 Å². The van der Waals surface area contributed by atoms with Gasteiger partial charge in [0.15, 0.2) is 0 Å². The van der Waals surface area contributed by atoms with Gasteiger partial charge in [-0.15, -0.1) is 0 Å². The van der Waals surface area contributed by atoms with E-state index in [9.17, 15) is 4.39 Å². The summed E-state index contributed by atoms with van der Waals surface area (Å²) in [5.41, 5.74) is 0.602. The van der Waals surface area contributed by atoms with Gasteiger partial charge >= 0.3 is 0 Å². The number of aromatic nitrogens is 1. The van der Waals surface area contributed by atoms with Crippen LogP contribution in [-0.4, -0.2) is 4.98 Å². The molecule has 0 aliphatic carbocycles. The zero-order valence-electron chi connectivity index (χ0n) is 5.13. The quantitative estimate of drug-likeness (QED) is 0.556. The number of nitrogens with zero attached hydrogens (tertiary/aromatic N) is 1. The summed E-state index contributed by atoms with van der Waals surface area (Å²) in [4.78, 5) is 3.60. The Labute approximate surface area is 53.5 Å². The summed E-state index contributed by atoms with van der Waals surface area (Å²) in [6.07, 6.45) is 4.48. The Morgan fingerprint density at radius 1 is 1.67 bits per heavy atom. The number of hydrogen-bond acceptors (Lipinski definition) is 1. The highest BCUT2D eigenvalue weighted by Gasteiger charge is 1.95. The first-order chi connectivity index (χ1) is 4.34. The van der Waals surface area contributed by atoms with Crippen molar-refractivity contribution < 1.29 is 4.39 Å². The van der Waals surface area contributed by atoms with Gasteiger partial charge in [0.25, 0.3) is 0 Å². The van der Waals surface area contributed by atoms with Crippen LogP contribution in [0, 0.1) is 12.2 Å². The van der Waals surface area contributed by atoms with Crippen molar-refractivity contribution in [3.8, 4) is 0 Å². The highest BCUT2D eigenvalue weighted by Crippen LogP contribution is 2.04. The maximum atomic E-state index is 12.5. The van der Waals surface area contributed by atoms with Gasteiger partial charge in [-0.25, -0.2) is 4.39 Å². The molecule has 2 heteroatoms. The van der Waals surface area contributed by atoms with Crippen LogP contribution in [0.3, 0.4) is 0 Å². The lowest BCUT2D eigenvalue weighted by Crippen LogP contribution is -1.84. The molecule has 0 bridgehead atoms. The van der Waals surface area contributed by atoms with Gasteiger partial charge in [0, 0.05) is 6.20 Å². The van der Waals surface area contributed by atoms with Gasteiger partial charge in [-0.1, -0.05) is 6.92 Å². The largest absolute Gasteiger partial charge is 0.262 e. The SMILES string of the molecule is C[CH]c1ccncc1F. The van der Waals surface area contributed by atoms with Crippen LogP contribution in [0.5, 0.6) is 0 Å². The van der Waals surface area contributed by atoms with Gasteiger partial charge in [-0.3, -0.25) is 4.98 Å². The summed E-state index contributed by atoms with van der Waals surface area (Å²) in [5.74, 6) is -0.264. The summed E-state index contributed by atoms with van der Waals surface area (Å²) in [7, 11) is 0. The summed E-state index contributed by atoms with van der Waals surface area (Å²) in [6.45, 7) is 1.79. The number of halogens is 1. The average Bonchev–Trinajstić information content (AvgIpc) is 1.89. The van der Waals surface area contributed by atoms with Crippen molar-refractivity contribution in [3.05, 3.63) is 36.3 Å². The van der Waals surface area contributed by atoms with E-state index in [1.165, 1.54) is 6.20 Å². The molecule has 1 heterocycles. The molecule has 9 heavy (non-hydrogen) atoms. The lowest BCUT2D eigenvalue weighted by molar-refractivity contribution is 0.614. The highest BCUT2D eigenvalue weighted by atomic mass is 19.1. The molecule has 0 amide bonds. The van der Waals surface area contributed by atoms with Crippen LogP contribution < -0.4 is 0 Å². The lowest BCUT2D eigenvalue weighted by atomic mass is 10.2. The zero-order chi connectivity index (χ0) is 6.69. The summed E-state index contributed by atoms with van der Waals surface area (Å²) in [6, 6.07) is 1.63. The Morgan fingerprint density at radius 2 is 2.44 bits per heavy atom. The lowest BCUT2D eigenvalue weighted by Gasteiger charge is -1.93. The molecule has 1 aromatic rings. The van der Waals surface area contributed by atoms with Crippen LogP contribution in [0.1, 0.15) is 12.5 Å². The molecule has 0 saturated carbocycles. The maximum absolute atomic E-state index is 12.5. The molecule has 1 nitrogen and oxygen atoms in total. The second-order valence-electron chi connectivity index (χ2n) is 1.69. The minimum Gasteiger partial charge on any atom is -0.262 e. The number of pyridine rings is 1. The van der Waals surface area contributed by atoms with Crippen molar-refractivity contribution in [2.75, 3.05) is 0 Å². The average molecular weight is 124 g/mol. The molecular weight excluding hydrogens is 117 g/mol. The van der Waals surface area contributed by atoms with Crippen LogP contribution in [0.15, 0.2) is 18.5 Å². The molecule has 0 saturated heterocycles. The topological polar surface area (TPSA) is 12.9 Å². The Balaban J connectivity index is 3.01. The minimum absolute atomic E-state index is 0.264. The maximum Gasteiger partial charge on any atom is 0.144 e. The first kappa shape index (κ1) is 6.20. The predicted molar refractivity (Wildman–Crippen MR) is 33.3 cm³/mol. The molecule has 0 N–H and O–H groups in total. The molecule has 47 valence electrons. The zero-order valence-corrected chi connectivity index (χ0v) is 5.13. The molecule has 0 aliphatic heterocycles. The fraction of sp³-hybridized carbons (Fsp3) is 0.143. The highest BCUT2D eigenvalue weighted by molar-refractivity contribution is 5.19. The Morgan fingerprint density at radius 3 is 2.89 bits per heavy atom. The fourth-order valence-corrected chi connectivity index (χ4v) is 0.620. The predicted octanol–water partition coefficient (Wildman–Crippen LogP) is 1.79. The van der Waals surface area contributed by atoms with Gasteiger partial charge in [-0.05, 0) is 18.1 Å². The van der Waals surface area contributed by atoms with Crippen molar-refractivity contribution in [1.82, 2.24) is 4.98 Å². The van der Waals surface area contributed by atoms with E-state index in [2.05, 4.69) is 4.98 Å². The molecule has 0 unspecified atom stereocenters. The van der Waals surface area contributed by atoms with Crippen LogP contribution >= 0.6 is 0 Å². The molecule has 0 spiro atoms. The Kier molecular flexibility index (Phi) is 1.78. The van der Waals surface area contributed by atoms with E-state index in [1.54, 1.807) is 25.6 Å². The molecule has 1 aromatic heterocycles. The minimum atomic E-state index is -0.264. The van der Waals surface area contributed by atoms with Gasteiger partial charge in [0.05, 0.1) is 6.20 Å². The smallest absolute Gasteiger partial charge is 0.144 e. The normalized spacial score (nSPS) is 9.56. The molecular formula is C7H7FN. The van der Waals surface area contributed by atoms with E-state index in [0.29, 0.717) is 5.56 Å². The first-order valence-corrected chi connectivity index (χ1v) is 2.73. The van der Waals surface area contributed by atoms with Crippen LogP contribution in [0.2, 0.25) is 0 Å². The summed E-state index contributed by atoms with van der Waals surface area (Å²) in [5, 5.41) is 0. The van der Waals surface area contributed by atoms with Crippen molar-refractivity contribution in [3.63, 3.8) is 0 Å². The second kappa shape index (κ2) is 2.58. The van der Waals surface area contributed by atoms with Crippen molar-refractivity contribution in [2.45, 2.75) is 6.92 Å². The van der Waals surface area contributed by atoms with E-state index in [4.69, 9.17) is 0 Å². The second-order valence-corrected chi connectivity index (χ2v) is 1.69. The first-order valence-electron chi connectivity index (χ1n) is 2.73. The van der Waals surface area contributed by atoms with E-state index in [1.807, 2.05) is 0 Å². The van der Waals surface area contributed by atoms with Crippen molar-refractivity contribution >= 4 is 0 Å². The van der Waals surface area contributed by atoms with Crippen LogP contribution in [-0.2, 0) is 0 Å². The van der Waals surface area contributed by atoms with Gasteiger partial charge in [0.2, 0.25) is 0 Å². The van der Waals surface area contributed by atoms with Crippen LogP contribution in [0.25, 0.3) is 0 Å². The van der Waals surface area contributed by atoms with Crippen LogP contribution in [0.4, 0.5) is 4.39 Å². The molecule has 0 aliphatic rings. The monoisotopic (exact) mass is 124 g/mol. The molecule has 0 atom stereocenters. The molecule has 1 rings (SSSR count). The molecule has 0 fully saturated rings. The van der Waals surface area contributed by atoms with Crippen molar-refractivity contribution in [2.24, 2.45) is 0 Å². The summed E-state index contributed by atoms with van der Waals surface area (Å²) < 4.78 is 12.5. The Bertz CT molecular complexity index is 198. The van der Waals surface area contributed by atoms with Gasteiger partial charge in [0.1, 0.15) is 5.82 Å². The van der Waals surface area contributed by atoms with E-state index < -0.39 is 0 Å². The standard InChI is InChI=1S/C7H7FN/c1-2-6-3-4-9-5-7(6)8/h2-5H,1H3. The Hall–Kier alpha value is -0.920. The fourth-order valence-electron chi connectivity index (χ4n) is 0.620. The summed E-state index contributed by atoms with van der Waals surface area (Å²) >= 11 is 0. The number of hydrogen-bond donors (Lipinski definition) is 0. The third-order valence-corrected chi connectivity index (χ3v) is 1.11.